The molecule has 20 nitrogen and oxygen atoms in total. The Bertz CT molecular complexity index is 2080. The van der Waals surface area contributed by atoms with Gasteiger partial charge in [-0.25, -0.2) is 14.2 Å². The molecule has 4 aliphatic heterocycles. The Hall–Kier alpha value is -4.24. The van der Waals surface area contributed by atoms with Gasteiger partial charge in [0.15, 0.2) is 12.5 Å². The Morgan fingerprint density at radius 3 is 1.83 bits per heavy atom. The zero-order valence-corrected chi connectivity index (χ0v) is 30.1. The lowest BCUT2D eigenvalue weighted by atomic mass is 9.86. The minimum absolute atomic E-state index is 0.275. The predicted octanol–water partition coefficient (Wildman–Crippen LogP) is -1.00. The van der Waals surface area contributed by atoms with Crippen LogP contribution in [-0.4, -0.2) is 116 Å². The second-order valence-corrected chi connectivity index (χ2v) is 15.2. The number of hydrogen-bond acceptors (Lipinski definition) is 16. The van der Waals surface area contributed by atoms with Crippen molar-refractivity contribution in [1.29, 1.82) is 0 Å². The number of nitrogens with zero attached hydrogens (tertiary/aromatic N) is 2. The van der Waals surface area contributed by atoms with E-state index in [2.05, 4.69) is 9.97 Å². The second-order valence-electron chi connectivity index (χ2n) is 13.2. The maximum absolute atomic E-state index is 13.6. The Labute approximate surface area is 305 Å². The quantitative estimate of drug-likeness (QED) is 0.115. The molecule has 4 saturated heterocycles. The van der Waals surface area contributed by atoms with Crippen molar-refractivity contribution in [3.63, 3.8) is 0 Å². The molecule has 6 heterocycles. The number of rotatable bonds is 11. The molecule has 21 heteroatoms. The smallest absolute Gasteiger partial charge is 0.380 e. The van der Waals surface area contributed by atoms with Crippen molar-refractivity contribution < 1.29 is 57.4 Å². The Morgan fingerprint density at radius 2 is 1.39 bits per heavy atom. The summed E-state index contributed by atoms with van der Waals surface area (Å²) in [5.41, 5.74) is -4.72. The van der Waals surface area contributed by atoms with Crippen LogP contribution in [0.3, 0.4) is 0 Å². The lowest BCUT2D eigenvalue weighted by molar-refractivity contribution is -0.227. The highest BCUT2D eigenvalue weighted by Crippen LogP contribution is 2.53. The van der Waals surface area contributed by atoms with E-state index in [-0.39, 0.29) is 25.1 Å². The summed E-state index contributed by atoms with van der Waals surface area (Å²) in [4.78, 5) is 62.9. The predicted molar refractivity (Wildman–Crippen MR) is 183 cm³/mol. The van der Waals surface area contributed by atoms with E-state index in [9.17, 15) is 43.9 Å². The van der Waals surface area contributed by atoms with Crippen molar-refractivity contribution in [2.24, 2.45) is 5.92 Å². The molecule has 0 aliphatic carbocycles. The van der Waals surface area contributed by atoms with Gasteiger partial charge in [-0.05, 0) is 12.1 Å². The van der Waals surface area contributed by atoms with E-state index >= 15 is 0 Å². The van der Waals surface area contributed by atoms with Gasteiger partial charge in [0.25, 0.3) is 11.1 Å². The van der Waals surface area contributed by atoms with Crippen molar-refractivity contribution in [3.8, 4) is 5.75 Å². The van der Waals surface area contributed by atoms with Crippen LogP contribution in [0.25, 0.3) is 0 Å². The topological polar surface area (TPSA) is 269 Å². The zero-order valence-electron chi connectivity index (χ0n) is 29.2. The van der Waals surface area contributed by atoms with Gasteiger partial charge in [-0.3, -0.25) is 38.0 Å². The summed E-state index contributed by atoms with van der Waals surface area (Å²) >= 11 is 0. The van der Waals surface area contributed by atoms with E-state index < -0.39 is 90.1 Å². The minimum Gasteiger partial charge on any atom is -0.469 e. The fourth-order valence-electron chi connectivity index (χ4n) is 6.82. The van der Waals surface area contributed by atoms with Gasteiger partial charge in [-0.1, -0.05) is 25.1 Å². The summed E-state index contributed by atoms with van der Waals surface area (Å²) in [6.45, 7) is 1.58. The molecule has 2 aromatic heterocycles. The molecule has 294 valence electrons. The number of para-hydroxylation sites is 1. The first-order chi connectivity index (χ1) is 25.8. The van der Waals surface area contributed by atoms with Crippen LogP contribution < -0.4 is 27.0 Å². The monoisotopic (exact) mass is 780 g/mol. The fraction of sp³-hybridized carbons (Fsp3) is 0.545. The average Bonchev–Trinajstić information content (AvgIpc) is 3.58. The molecule has 2 spiro atoms. The Balaban J connectivity index is 0.000000219. The number of aromatic nitrogens is 4. The fourth-order valence-corrected chi connectivity index (χ4v) is 8.69. The standard InChI is InChI=1S/C22H27N2O10P.C11H14N2O6/c1-14(19(27)30-2)13-35(29,34-15-6-4-3-5-7-15)32-12-16-18(26)22(9-11-31-22)20(33-16)24-10-8-17(25)23-21(24)28;14-5-6-8(16)11(2-4-18-11)9(19-6)13-3-1-7(15)12-10(13)17/h3-8,10,14,16,18,20,26H,9,11-13H2,1-2H3,(H,23,25,28);1,3,6,8-9,14,16H,2,4-5H2,(H,12,15,17)/t14-,16?,18-,20?,22+,35?;6?,8-,9?,11+/m11/s1. The summed E-state index contributed by atoms with van der Waals surface area (Å²) in [5, 5.41) is 30.3. The average molecular weight is 781 g/mol. The number of esters is 1. The van der Waals surface area contributed by atoms with Crippen molar-refractivity contribution in [2.45, 2.75) is 67.8 Å². The highest BCUT2D eigenvalue weighted by Gasteiger charge is 2.63. The van der Waals surface area contributed by atoms with E-state index in [1.807, 2.05) is 0 Å². The maximum Gasteiger partial charge on any atom is 0.380 e. The molecule has 0 radical (unpaired) electrons. The first-order valence-electron chi connectivity index (χ1n) is 17.0. The molecule has 0 saturated carbocycles. The van der Waals surface area contributed by atoms with E-state index in [0.717, 1.165) is 10.6 Å². The SMILES string of the molecule is COC(=O)[C@H](C)CP(=O)(OCC1OC(n2ccc(=O)[nH]c2=O)[C@]2(CCO2)[C@@H]1O)Oc1ccccc1.O=c1ccn(C2OC(CO)[C@@H](O)[C@@]23CCO3)c(=O)[nH]1. The number of hydrogen-bond donors (Lipinski definition) is 5. The zero-order chi connectivity index (χ0) is 38.8. The highest BCUT2D eigenvalue weighted by atomic mass is 31.2. The van der Waals surface area contributed by atoms with E-state index in [4.69, 9.17) is 32.7 Å². The molecule has 0 bridgehead atoms. The van der Waals surface area contributed by atoms with Crippen molar-refractivity contribution in [2.75, 3.05) is 39.7 Å². The van der Waals surface area contributed by atoms with Gasteiger partial charge in [0.05, 0.1) is 45.6 Å². The molecule has 3 aromatic rings. The van der Waals surface area contributed by atoms with Crippen molar-refractivity contribution >= 4 is 13.6 Å². The van der Waals surface area contributed by atoms with Gasteiger partial charge in [0.1, 0.15) is 41.4 Å². The van der Waals surface area contributed by atoms with Gasteiger partial charge < -0.3 is 43.5 Å². The molecule has 10 atom stereocenters. The van der Waals surface area contributed by atoms with Crippen LogP contribution in [0.2, 0.25) is 0 Å². The number of nitrogens with one attached hydrogen (secondary N) is 2. The molecule has 54 heavy (non-hydrogen) atoms. The van der Waals surface area contributed by atoms with Gasteiger partial charge in [-0.2, -0.15) is 0 Å². The summed E-state index contributed by atoms with van der Waals surface area (Å²) in [5.74, 6) is -1.10. The second kappa shape index (κ2) is 15.9. The largest absolute Gasteiger partial charge is 0.469 e. The lowest BCUT2D eigenvalue weighted by Gasteiger charge is -2.44. The van der Waals surface area contributed by atoms with Crippen LogP contribution in [0.5, 0.6) is 5.75 Å². The van der Waals surface area contributed by atoms with Gasteiger partial charge in [0.2, 0.25) is 0 Å². The highest BCUT2D eigenvalue weighted by molar-refractivity contribution is 7.54. The van der Waals surface area contributed by atoms with Crippen LogP contribution in [0.1, 0.15) is 32.2 Å². The molecule has 5 N–H and O–H groups in total. The molecule has 5 unspecified atom stereocenters. The first-order valence-corrected chi connectivity index (χ1v) is 18.7. The lowest BCUT2D eigenvalue weighted by Crippen LogP contribution is -2.57. The van der Waals surface area contributed by atoms with Crippen LogP contribution in [0, 0.1) is 5.92 Å². The number of aromatic amines is 2. The van der Waals surface area contributed by atoms with Gasteiger partial charge in [-0.15, -0.1) is 0 Å². The van der Waals surface area contributed by atoms with E-state index in [1.165, 1.54) is 37.1 Å². The summed E-state index contributed by atoms with van der Waals surface area (Å²) in [6.07, 6.45) is -2.84. The normalized spacial score (nSPS) is 31.4. The van der Waals surface area contributed by atoms with Gasteiger partial charge in [0, 0.05) is 37.4 Å². The van der Waals surface area contributed by atoms with E-state index in [0.29, 0.717) is 26.1 Å². The number of ether oxygens (including phenoxy) is 5. The Kier molecular flexibility index (Phi) is 11.6. The maximum atomic E-state index is 13.6. The molecule has 4 fully saturated rings. The van der Waals surface area contributed by atoms with Crippen LogP contribution in [0.15, 0.2) is 74.0 Å². The first kappa shape index (κ1) is 39.5. The third kappa shape index (κ3) is 7.53. The van der Waals surface area contributed by atoms with Gasteiger partial charge >= 0.3 is 24.9 Å². The number of H-pyrrole nitrogens is 2. The molecule has 0 amide bonds. The number of aliphatic hydroxyl groups is 3. The molecule has 7 rings (SSSR count). The number of benzene rings is 1. The molecular weight excluding hydrogens is 739 g/mol. The molecular formula is C33H41N4O16P. The molecule has 1 aromatic carbocycles. The number of aliphatic hydroxyl groups excluding tert-OH is 3. The third-order valence-corrected chi connectivity index (χ3v) is 11.8. The van der Waals surface area contributed by atoms with Crippen LogP contribution in [-0.2, 0) is 37.6 Å². The van der Waals surface area contributed by atoms with Crippen LogP contribution in [0.4, 0.5) is 0 Å². The number of carbonyl (C=O) groups is 1. The summed E-state index contributed by atoms with van der Waals surface area (Å²) in [7, 11) is -2.71. The Morgan fingerprint density at radius 1 is 0.889 bits per heavy atom. The third-order valence-electron chi connectivity index (χ3n) is 9.79. The minimum atomic E-state index is -3.93. The van der Waals surface area contributed by atoms with E-state index in [1.54, 1.807) is 30.3 Å². The summed E-state index contributed by atoms with van der Waals surface area (Å²) in [6, 6.07) is 10.7. The van der Waals surface area contributed by atoms with Crippen molar-refractivity contribution in [1.82, 2.24) is 19.1 Å². The number of carbonyl (C=O) groups excluding carboxylic acids is 1. The van der Waals surface area contributed by atoms with Crippen LogP contribution >= 0.6 is 7.60 Å². The van der Waals surface area contributed by atoms with Crippen molar-refractivity contribution in [3.05, 3.63) is 96.5 Å². The summed E-state index contributed by atoms with van der Waals surface area (Å²) < 4.78 is 54.6. The number of methoxy groups -OCH3 is 1. The molecule has 4 aliphatic rings.